The first kappa shape index (κ1) is 33.7. The van der Waals surface area contributed by atoms with Crippen molar-refractivity contribution in [3.05, 3.63) is 12.3 Å². The van der Waals surface area contributed by atoms with Crippen molar-refractivity contribution >= 4 is 7.82 Å². The molecule has 0 aromatic heterocycles. The molecule has 19 heteroatoms. The molecule has 0 N–H and O–H groups in total. The minimum atomic E-state index is -7.94. The number of allylic oxidation sites excluding steroid dienone is 1. The lowest BCUT2D eigenvalue weighted by molar-refractivity contribution is -0.870. The fourth-order valence-electron chi connectivity index (χ4n) is 2.04. The van der Waals surface area contributed by atoms with E-state index in [9.17, 15) is 66.5 Å². The molecule has 0 radical (unpaired) electrons. The van der Waals surface area contributed by atoms with E-state index in [4.69, 9.17) is 0 Å². The maximum absolute atomic E-state index is 13.6. The van der Waals surface area contributed by atoms with Crippen LogP contribution in [-0.2, 0) is 13.6 Å². The van der Waals surface area contributed by atoms with Crippen LogP contribution in [0.25, 0.3) is 0 Å². The number of alkyl halides is 13. The number of quaternary nitrogens is 1. The summed E-state index contributed by atoms with van der Waals surface area (Å²) in [7, 11) is 0.160. The van der Waals surface area contributed by atoms with E-state index in [0.717, 1.165) is 0 Å². The SMILES string of the molecule is C[N+](C)(C)CCOP(=O)([O-])O/C=C/CCCC(F)(F)C(F)(F)C(F)(F)C(F)(F)C(F)(F)C(F)(F)F. The highest BCUT2D eigenvalue weighted by Crippen LogP contribution is 2.60. The van der Waals surface area contributed by atoms with Crippen molar-refractivity contribution in [2.45, 2.75) is 55.1 Å². The molecule has 0 saturated carbocycles. The van der Waals surface area contributed by atoms with Crippen molar-refractivity contribution in [3.8, 4) is 0 Å². The van der Waals surface area contributed by atoms with Crippen LogP contribution in [0.2, 0.25) is 0 Å². The second-order valence-corrected chi connectivity index (χ2v) is 9.53. The molecule has 0 saturated heterocycles. The summed E-state index contributed by atoms with van der Waals surface area (Å²) in [5.74, 6) is -37.1. The number of unbranched alkanes of at least 4 members (excludes halogenated alkanes) is 1. The molecule has 1 unspecified atom stereocenters. The fourth-order valence-corrected chi connectivity index (χ4v) is 2.64. The van der Waals surface area contributed by atoms with Gasteiger partial charge >= 0.3 is 43.6 Å². The van der Waals surface area contributed by atoms with E-state index < -0.39 is 62.9 Å². The number of hydrogen-bond acceptors (Lipinski definition) is 4. The molecule has 0 aliphatic carbocycles. The Bertz CT molecular complexity index is 778. The van der Waals surface area contributed by atoms with Crippen molar-refractivity contribution in [2.75, 3.05) is 34.3 Å². The van der Waals surface area contributed by atoms with Crippen molar-refractivity contribution in [1.82, 2.24) is 0 Å². The Hall–Kier alpha value is -1.26. The van der Waals surface area contributed by atoms with Gasteiger partial charge in [0.05, 0.1) is 27.4 Å². The van der Waals surface area contributed by atoms with E-state index >= 15 is 0 Å². The molecule has 5 nitrogen and oxygen atoms in total. The number of phosphoric acid groups is 1. The first-order chi connectivity index (χ1) is 15.2. The van der Waals surface area contributed by atoms with Gasteiger partial charge in [-0.05, 0) is 18.9 Å². The highest BCUT2D eigenvalue weighted by molar-refractivity contribution is 7.45. The van der Waals surface area contributed by atoms with Gasteiger partial charge in [0.1, 0.15) is 13.2 Å². The van der Waals surface area contributed by atoms with Crippen LogP contribution in [-0.4, -0.2) is 74.6 Å². The summed E-state index contributed by atoms with van der Waals surface area (Å²) >= 11 is 0. The van der Waals surface area contributed by atoms with Gasteiger partial charge in [-0.3, -0.25) is 4.57 Å². The first-order valence-corrected chi connectivity index (χ1v) is 10.7. The number of likely N-dealkylation sites (N-methyl/N-ethyl adjacent to an activating group) is 1. The molecule has 0 aliphatic rings. The second-order valence-electron chi connectivity index (χ2n) is 8.16. The molecule has 0 aromatic rings. The van der Waals surface area contributed by atoms with Crippen molar-refractivity contribution in [2.24, 2.45) is 0 Å². The third kappa shape index (κ3) is 7.86. The average Bonchev–Trinajstić information content (AvgIpc) is 2.61. The zero-order valence-electron chi connectivity index (χ0n) is 18.1. The normalized spacial score (nSPS) is 17.1. The Morgan fingerprint density at radius 1 is 0.800 bits per heavy atom. The predicted molar refractivity (Wildman–Crippen MR) is 91.3 cm³/mol. The van der Waals surface area contributed by atoms with Gasteiger partial charge in [0.25, 0.3) is 0 Å². The molecule has 0 rings (SSSR count). The van der Waals surface area contributed by atoms with E-state index in [0.29, 0.717) is 16.8 Å². The van der Waals surface area contributed by atoms with E-state index in [1.807, 2.05) is 0 Å². The molecule has 0 fully saturated rings. The molecule has 0 aliphatic heterocycles. The highest BCUT2D eigenvalue weighted by atomic mass is 31.2. The first-order valence-electron chi connectivity index (χ1n) is 9.21. The second kappa shape index (κ2) is 10.6. The molecule has 0 amide bonds. The maximum Gasteiger partial charge on any atom is 0.460 e. The molecule has 0 aromatic carbocycles. The number of nitrogens with zero attached hydrogens (tertiary/aromatic N) is 1. The summed E-state index contributed by atoms with van der Waals surface area (Å²) in [6.45, 7) is -0.118. The van der Waals surface area contributed by atoms with Crippen LogP contribution in [0, 0.1) is 0 Å². The van der Waals surface area contributed by atoms with Crippen LogP contribution in [0.5, 0.6) is 0 Å². The lowest BCUT2D eigenvalue weighted by Gasteiger charge is -2.39. The van der Waals surface area contributed by atoms with Crippen molar-refractivity contribution in [1.29, 1.82) is 0 Å². The highest BCUT2D eigenvalue weighted by Gasteiger charge is 2.90. The van der Waals surface area contributed by atoms with Crippen molar-refractivity contribution in [3.63, 3.8) is 0 Å². The topological polar surface area (TPSA) is 58.6 Å². The summed E-state index contributed by atoms with van der Waals surface area (Å²) in [6, 6.07) is 0. The number of phosphoric ester groups is 1. The molecule has 35 heavy (non-hydrogen) atoms. The number of hydrogen-bond donors (Lipinski definition) is 0. The van der Waals surface area contributed by atoms with Gasteiger partial charge in [0, 0.05) is 6.42 Å². The Balaban J connectivity index is 5.18. The van der Waals surface area contributed by atoms with Gasteiger partial charge in [-0.2, -0.15) is 57.1 Å². The standard InChI is InChI=1S/C16H21F13NO4P/c1-30(2,3)8-10-34-35(31,32)33-9-6-4-5-7-11(17,18)12(19,20)13(21,22)14(23,24)15(25,26)16(27,28)29/h6,9H,4-5,7-8,10H2,1-3H3/b9-6+. The quantitative estimate of drug-likeness (QED) is 0.0897. The fraction of sp³-hybridized carbons (Fsp3) is 0.875. The lowest BCUT2D eigenvalue weighted by Crippen LogP contribution is -2.70. The Morgan fingerprint density at radius 3 is 1.69 bits per heavy atom. The molecule has 0 spiro atoms. The van der Waals surface area contributed by atoms with Gasteiger partial charge < -0.3 is 18.4 Å². The lowest BCUT2D eigenvalue weighted by atomic mass is 9.91. The predicted octanol–water partition coefficient (Wildman–Crippen LogP) is 5.62. The molecule has 1 atom stereocenters. The minimum absolute atomic E-state index is 0.210. The summed E-state index contributed by atoms with van der Waals surface area (Å²) in [6.07, 6.45) is -11.0. The van der Waals surface area contributed by atoms with Crippen LogP contribution < -0.4 is 4.89 Å². The smallest absolute Gasteiger partial charge is 0.460 e. The number of rotatable bonds is 14. The third-order valence-corrected chi connectivity index (χ3v) is 5.04. The van der Waals surface area contributed by atoms with Gasteiger partial charge in [-0.15, -0.1) is 0 Å². The molecule has 0 heterocycles. The van der Waals surface area contributed by atoms with E-state index in [1.165, 1.54) is 0 Å². The molecule has 0 bridgehead atoms. The van der Waals surface area contributed by atoms with E-state index in [1.54, 1.807) is 21.1 Å². The van der Waals surface area contributed by atoms with Crippen LogP contribution in [0.1, 0.15) is 19.3 Å². The summed E-state index contributed by atoms with van der Waals surface area (Å²) in [5.41, 5.74) is 0. The Labute approximate surface area is 190 Å². The number of halogens is 13. The minimum Gasteiger partial charge on any atom is -0.746 e. The maximum atomic E-state index is 13.6. The van der Waals surface area contributed by atoms with Gasteiger partial charge in [0.15, 0.2) is 0 Å². The van der Waals surface area contributed by atoms with Crippen LogP contribution in [0.3, 0.4) is 0 Å². The Morgan fingerprint density at radius 2 is 1.26 bits per heavy atom. The monoisotopic (exact) mass is 569 g/mol. The van der Waals surface area contributed by atoms with Crippen LogP contribution >= 0.6 is 7.82 Å². The van der Waals surface area contributed by atoms with Gasteiger partial charge in [-0.1, -0.05) is 0 Å². The molecular weight excluding hydrogens is 548 g/mol. The van der Waals surface area contributed by atoms with Crippen LogP contribution in [0.4, 0.5) is 57.1 Å². The zero-order chi connectivity index (χ0) is 28.4. The molecular formula is C16H21F13NO4P. The largest absolute Gasteiger partial charge is 0.746 e. The Kier molecular flexibility index (Phi) is 10.2. The summed E-state index contributed by atoms with van der Waals surface area (Å²) < 4.78 is 189. The van der Waals surface area contributed by atoms with Crippen molar-refractivity contribution < 1.29 is 80.1 Å². The molecule has 210 valence electrons. The van der Waals surface area contributed by atoms with E-state index in [2.05, 4.69) is 9.05 Å². The van der Waals surface area contributed by atoms with Gasteiger partial charge in [-0.25, -0.2) is 0 Å². The summed E-state index contributed by atoms with van der Waals surface area (Å²) in [4.78, 5) is 11.4. The summed E-state index contributed by atoms with van der Waals surface area (Å²) in [5, 5.41) is 0. The van der Waals surface area contributed by atoms with Crippen LogP contribution in [0.15, 0.2) is 12.3 Å². The zero-order valence-corrected chi connectivity index (χ0v) is 19.0. The van der Waals surface area contributed by atoms with E-state index in [-0.39, 0.29) is 13.2 Å². The van der Waals surface area contributed by atoms with Gasteiger partial charge in [0.2, 0.25) is 0 Å². The average molecular weight is 569 g/mol. The third-order valence-electron chi connectivity index (χ3n) is 4.16.